The largest absolute Gasteiger partial charge is 0.299 e. The van der Waals surface area contributed by atoms with Crippen LogP contribution in [0.1, 0.15) is 26.7 Å². The summed E-state index contributed by atoms with van der Waals surface area (Å²) in [5.41, 5.74) is 1.36. The maximum atomic E-state index is 10.9. The van der Waals surface area contributed by atoms with E-state index in [9.17, 15) is 4.79 Å². The standard InChI is InChI=1S/C8H12O/c1-6-3-4-8(9)7(2)5-6/h5,7H,3-4H2,1-2H3. The van der Waals surface area contributed by atoms with E-state index in [-0.39, 0.29) is 5.92 Å². The topological polar surface area (TPSA) is 17.1 Å². The van der Waals surface area contributed by atoms with Gasteiger partial charge in [0.05, 0.1) is 0 Å². The molecule has 1 heteroatoms. The average molecular weight is 124 g/mol. The van der Waals surface area contributed by atoms with Gasteiger partial charge in [-0.25, -0.2) is 0 Å². The fourth-order valence-electron chi connectivity index (χ4n) is 1.15. The Bertz CT molecular complexity index is 156. The number of carbonyl (C=O) groups excluding carboxylic acids is 1. The number of ketones is 1. The summed E-state index contributed by atoms with van der Waals surface area (Å²) in [6.07, 6.45) is 3.79. The predicted octanol–water partition coefficient (Wildman–Crippen LogP) is 1.93. The fourth-order valence-corrected chi connectivity index (χ4v) is 1.15. The van der Waals surface area contributed by atoms with Gasteiger partial charge in [0.15, 0.2) is 0 Å². The Kier molecular flexibility index (Phi) is 1.70. The van der Waals surface area contributed by atoms with E-state index in [1.54, 1.807) is 0 Å². The van der Waals surface area contributed by atoms with Crippen LogP contribution in [0.5, 0.6) is 0 Å². The summed E-state index contributed by atoms with van der Waals surface area (Å²) >= 11 is 0. The van der Waals surface area contributed by atoms with E-state index >= 15 is 0 Å². The lowest BCUT2D eigenvalue weighted by molar-refractivity contribution is -0.121. The van der Waals surface area contributed by atoms with Crippen LogP contribution in [0.2, 0.25) is 0 Å². The van der Waals surface area contributed by atoms with Crippen molar-refractivity contribution in [1.82, 2.24) is 0 Å². The first-order valence-electron chi connectivity index (χ1n) is 3.40. The van der Waals surface area contributed by atoms with E-state index in [0.717, 1.165) is 12.8 Å². The fraction of sp³-hybridized carbons (Fsp3) is 0.625. The first-order valence-corrected chi connectivity index (χ1v) is 3.40. The molecule has 0 radical (unpaired) electrons. The van der Waals surface area contributed by atoms with Gasteiger partial charge in [-0.15, -0.1) is 0 Å². The van der Waals surface area contributed by atoms with E-state index in [0.29, 0.717) is 5.78 Å². The summed E-state index contributed by atoms with van der Waals surface area (Å²) in [5, 5.41) is 0. The highest BCUT2D eigenvalue weighted by Gasteiger charge is 2.14. The molecule has 50 valence electrons. The molecule has 0 aromatic rings. The van der Waals surface area contributed by atoms with Crippen LogP contribution in [0.25, 0.3) is 0 Å². The zero-order valence-corrected chi connectivity index (χ0v) is 5.98. The molecule has 0 aromatic heterocycles. The Morgan fingerprint density at radius 3 is 2.67 bits per heavy atom. The molecule has 1 aliphatic rings. The van der Waals surface area contributed by atoms with Crippen LogP contribution in [0.3, 0.4) is 0 Å². The Hall–Kier alpha value is -0.590. The summed E-state index contributed by atoms with van der Waals surface area (Å²) in [7, 11) is 0. The van der Waals surface area contributed by atoms with Crippen LogP contribution in [-0.2, 0) is 4.79 Å². The highest BCUT2D eigenvalue weighted by Crippen LogP contribution is 2.18. The van der Waals surface area contributed by atoms with Crippen molar-refractivity contribution in [3.05, 3.63) is 11.6 Å². The number of allylic oxidation sites excluding steroid dienone is 2. The lowest BCUT2D eigenvalue weighted by atomic mass is 9.92. The third kappa shape index (κ3) is 1.41. The zero-order valence-electron chi connectivity index (χ0n) is 5.98. The van der Waals surface area contributed by atoms with Crippen molar-refractivity contribution in [3.63, 3.8) is 0 Å². The summed E-state index contributed by atoms with van der Waals surface area (Å²) in [6.45, 7) is 4.05. The molecule has 9 heavy (non-hydrogen) atoms. The Morgan fingerprint density at radius 2 is 2.22 bits per heavy atom. The third-order valence-corrected chi connectivity index (χ3v) is 1.81. The van der Waals surface area contributed by atoms with Gasteiger partial charge >= 0.3 is 0 Å². The van der Waals surface area contributed by atoms with E-state index in [1.807, 2.05) is 6.92 Å². The van der Waals surface area contributed by atoms with Crippen LogP contribution in [0, 0.1) is 5.92 Å². The molecule has 0 N–H and O–H groups in total. The maximum Gasteiger partial charge on any atom is 0.139 e. The Morgan fingerprint density at radius 1 is 1.56 bits per heavy atom. The summed E-state index contributed by atoms with van der Waals surface area (Å²) in [6, 6.07) is 0. The molecule has 1 rings (SSSR count). The van der Waals surface area contributed by atoms with Crippen molar-refractivity contribution >= 4 is 5.78 Å². The van der Waals surface area contributed by atoms with Gasteiger partial charge in [-0.3, -0.25) is 4.79 Å². The molecule has 0 spiro atoms. The Balaban J connectivity index is 2.69. The van der Waals surface area contributed by atoms with Crippen LogP contribution >= 0.6 is 0 Å². The van der Waals surface area contributed by atoms with Crippen LogP contribution in [0.15, 0.2) is 11.6 Å². The molecule has 0 saturated carbocycles. The lowest BCUT2D eigenvalue weighted by Crippen LogP contribution is -2.12. The van der Waals surface area contributed by atoms with Crippen molar-refractivity contribution in [2.45, 2.75) is 26.7 Å². The van der Waals surface area contributed by atoms with Crippen molar-refractivity contribution in [2.24, 2.45) is 5.92 Å². The molecule has 0 aromatic carbocycles. The molecule has 1 atom stereocenters. The molecule has 0 aliphatic heterocycles. The predicted molar refractivity (Wildman–Crippen MR) is 37.2 cm³/mol. The van der Waals surface area contributed by atoms with E-state index < -0.39 is 0 Å². The highest BCUT2D eigenvalue weighted by atomic mass is 16.1. The van der Waals surface area contributed by atoms with Crippen molar-refractivity contribution < 1.29 is 4.79 Å². The minimum absolute atomic E-state index is 0.179. The molecule has 1 unspecified atom stereocenters. The maximum absolute atomic E-state index is 10.9. The number of rotatable bonds is 0. The van der Waals surface area contributed by atoms with Gasteiger partial charge in [-0.1, -0.05) is 18.6 Å². The van der Waals surface area contributed by atoms with Gasteiger partial charge in [-0.2, -0.15) is 0 Å². The van der Waals surface area contributed by atoms with Crippen molar-refractivity contribution in [3.8, 4) is 0 Å². The third-order valence-electron chi connectivity index (χ3n) is 1.81. The quantitative estimate of drug-likeness (QED) is 0.451. The molecule has 0 saturated heterocycles. The highest BCUT2D eigenvalue weighted by molar-refractivity contribution is 5.83. The first-order chi connectivity index (χ1) is 4.20. The van der Waals surface area contributed by atoms with Crippen LogP contribution < -0.4 is 0 Å². The molecule has 0 fully saturated rings. The number of carbonyl (C=O) groups is 1. The molecular formula is C8H12O. The number of hydrogen-bond donors (Lipinski definition) is 0. The van der Waals surface area contributed by atoms with Gasteiger partial charge in [0.25, 0.3) is 0 Å². The van der Waals surface area contributed by atoms with Gasteiger partial charge in [0, 0.05) is 12.3 Å². The summed E-state index contributed by atoms with van der Waals surface area (Å²) in [5.74, 6) is 0.569. The second kappa shape index (κ2) is 2.34. The van der Waals surface area contributed by atoms with Gasteiger partial charge < -0.3 is 0 Å². The van der Waals surface area contributed by atoms with E-state index in [1.165, 1.54) is 5.57 Å². The van der Waals surface area contributed by atoms with Crippen LogP contribution in [-0.4, -0.2) is 5.78 Å². The zero-order chi connectivity index (χ0) is 6.85. The second-order valence-corrected chi connectivity index (χ2v) is 2.77. The lowest BCUT2D eigenvalue weighted by Gasteiger charge is -2.12. The number of hydrogen-bond acceptors (Lipinski definition) is 1. The molecule has 1 nitrogen and oxygen atoms in total. The SMILES string of the molecule is CC1=CC(C)C(=O)CC1. The minimum atomic E-state index is 0.179. The molecule has 0 amide bonds. The smallest absolute Gasteiger partial charge is 0.139 e. The number of Topliss-reactive ketones (excluding diaryl/α,β-unsaturated/α-hetero) is 1. The summed E-state index contributed by atoms with van der Waals surface area (Å²) < 4.78 is 0. The van der Waals surface area contributed by atoms with Crippen molar-refractivity contribution in [1.29, 1.82) is 0 Å². The molecular weight excluding hydrogens is 112 g/mol. The van der Waals surface area contributed by atoms with Crippen LogP contribution in [0.4, 0.5) is 0 Å². The first kappa shape index (κ1) is 6.53. The van der Waals surface area contributed by atoms with Gasteiger partial charge in [0.2, 0.25) is 0 Å². The van der Waals surface area contributed by atoms with Crippen molar-refractivity contribution in [2.75, 3.05) is 0 Å². The monoisotopic (exact) mass is 124 g/mol. The van der Waals surface area contributed by atoms with E-state index in [2.05, 4.69) is 13.0 Å². The summed E-state index contributed by atoms with van der Waals surface area (Å²) in [4.78, 5) is 10.9. The molecule has 0 heterocycles. The molecule has 0 bridgehead atoms. The van der Waals surface area contributed by atoms with Gasteiger partial charge in [0.1, 0.15) is 5.78 Å². The minimum Gasteiger partial charge on any atom is -0.299 e. The molecule has 1 aliphatic carbocycles. The van der Waals surface area contributed by atoms with Gasteiger partial charge in [-0.05, 0) is 13.3 Å². The second-order valence-electron chi connectivity index (χ2n) is 2.77. The van der Waals surface area contributed by atoms with E-state index in [4.69, 9.17) is 0 Å². The Labute approximate surface area is 55.8 Å². The average Bonchev–Trinajstić information content (AvgIpc) is 1.80. The normalized spacial score (nSPS) is 28.0.